The molecular weight excluding hydrogens is 484 g/mol. The van der Waals surface area contributed by atoms with Crippen LogP contribution in [0, 0.1) is 11.8 Å². The molecule has 1 atom stereocenters. The van der Waals surface area contributed by atoms with Gasteiger partial charge in [-0.3, -0.25) is 9.69 Å². The number of anilines is 2. The van der Waals surface area contributed by atoms with Crippen LogP contribution < -0.4 is 10.6 Å². The van der Waals surface area contributed by atoms with Crippen LogP contribution in [0.5, 0.6) is 0 Å². The number of aromatic nitrogens is 1. The number of amides is 2. The normalized spacial score (nSPS) is 19.2. The Morgan fingerprint density at radius 3 is 2.57 bits per heavy atom. The number of carbonyl (C=O) groups excluding carboxylic acids is 2. The third kappa shape index (κ3) is 5.80. The highest BCUT2D eigenvalue weighted by molar-refractivity contribution is 7.14. The van der Waals surface area contributed by atoms with Gasteiger partial charge in [0.2, 0.25) is 5.91 Å². The van der Waals surface area contributed by atoms with E-state index < -0.39 is 12.1 Å². The van der Waals surface area contributed by atoms with E-state index in [2.05, 4.69) is 39.9 Å². The molecule has 1 saturated heterocycles. The van der Waals surface area contributed by atoms with E-state index in [-0.39, 0.29) is 12.5 Å². The number of rotatable bonds is 9. The van der Waals surface area contributed by atoms with Crippen LogP contribution >= 0.6 is 11.3 Å². The van der Waals surface area contributed by atoms with Crippen LogP contribution in [0.15, 0.2) is 60.0 Å². The number of nitrogens with zero attached hydrogens (tertiary/aromatic N) is 2. The second-order valence-electron chi connectivity index (χ2n) is 10.3. The molecule has 6 rings (SSSR count). The molecule has 0 spiro atoms. The summed E-state index contributed by atoms with van der Waals surface area (Å²) in [5.41, 5.74) is 3.92. The Morgan fingerprint density at radius 2 is 1.81 bits per heavy atom. The number of likely N-dealkylation sites (tertiary alicyclic amines) is 1. The number of hydrogen-bond donors (Lipinski definition) is 2. The van der Waals surface area contributed by atoms with E-state index in [9.17, 15) is 9.59 Å². The first-order chi connectivity index (χ1) is 18.1. The van der Waals surface area contributed by atoms with Crippen molar-refractivity contribution in [3.05, 3.63) is 65.5 Å². The van der Waals surface area contributed by atoms with E-state index >= 15 is 0 Å². The first-order valence-corrected chi connectivity index (χ1v) is 14.1. The summed E-state index contributed by atoms with van der Waals surface area (Å²) in [6, 6.07) is 18.0. The molecular formula is C29H32N4O3S. The first kappa shape index (κ1) is 24.0. The Labute approximate surface area is 221 Å². The standard InChI is InChI=1S/C29H32N4O3S/c34-27(25-10-5-15-33(25)29(35)36-17-19-6-2-1-3-7-19)32-28-31-24(18-37-28)22-8-4-9-23(16-22)30-26(20-11-12-20)21-13-14-21/h1-4,6-9,16,18,20-21,25-26,30H,5,10-15,17H2,(H,31,32,34). The first-order valence-electron chi connectivity index (χ1n) is 13.2. The topological polar surface area (TPSA) is 83.6 Å². The fraction of sp³-hybridized carbons (Fsp3) is 0.414. The highest BCUT2D eigenvalue weighted by Gasteiger charge is 2.41. The molecule has 37 heavy (non-hydrogen) atoms. The van der Waals surface area contributed by atoms with E-state index in [0.29, 0.717) is 24.1 Å². The molecule has 2 amide bonds. The number of hydrogen-bond acceptors (Lipinski definition) is 6. The Hall–Kier alpha value is -3.39. The average molecular weight is 517 g/mol. The van der Waals surface area contributed by atoms with Crippen molar-refractivity contribution < 1.29 is 14.3 Å². The maximum atomic E-state index is 13.1. The lowest BCUT2D eigenvalue weighted by atomic mass is 10.1. The van der Waals surface area contributed by atoms with Crippen LogP contribution in [0.4, 0.5) is 15.6 Å². The summed E-state index contributed by atoms with van der Waals surface area (Å²) in [7, 11) is 0. The molecule has 3 aromatic rings. The summed E-state index contributed by atoms with van der Waals surface area (Å²) in [5.74, 6) is 1.42. The van der Waals surface area contributed by atoms with Crippen molar-refractivity contribution in [1.82, 2.24) is 9.88 Å². The molecule has 1 aliphatic heterocycles. The van der Waals surface area contributed by atoms with E-state index in [0.717, 1.165) is 40.8 Å². The van der Waals surface area contributed by atoms with Gasteiger partial charge < -0.3 is 15.4 Å². The average Bonchev–Trinajstić information content (AvgIpc) is 3.85. The van der Waals surface area contributed by atoms with Gasteiger partial charge in [-0.05, 0) is 68.1 Å². The summed E-state index contributed by atoms with van der Waals surface area (Å²) >= 11 is 1.40. The summed E-state index contributed by atoms with van der Waals surface area (Å²) < 4.78 is 5.47. The van der Waals surface area contributed by atoms with Crippen molar-refractivity contribution in [2.45, 2.75) is 57.2 Å². The Kier molecular flexibility index (Phi) is 6.83. The van der Waals surface area contributed by atoms with Crippen LogP contribution in [-0.2, 0) is 16.1 Å². The van der Waals surface area contributed by atoms with E-state index in [4.69, 9.17) is 4.74 Å². The largest absolute Gasteiger partial charge is 0.445 e. The minimum absolute atomic E-state index is 0.191. The van der Waals surface area contributed by atoms with Gasteiger partial charge in [-0.15, -0.1) is 11.3 Å². The summed E-state index contributed by atoms with van der Waals surface area (Å²) in [4.78, 5) is 31.9. The van der Waals surface area contributed by atoms with Gasteiger partial charge in [0.05, 0.1) is 5.69 Å². The molecule has 0 radical (unpaired) electrons. The van der Waals surface area contributed by atoms with Gasteiger partial charge in [0.1, 0.15) is 12.6 Å². The highest BCUT2D eigenvalue weighted by Crippen LogP contribution is 2.46. The Bertz CT molecular complexity index is 1240. The fourth-order valence-electron chi connectivity index (χ4n) is 5.20. The van der Waals surface area contributed by atoms with Crippen molar-refractivity contribution in [2.24, 2.45) is 11.8 Å². The molecule has 2 aromatic carbocycles. The molecule has 2 aliphatic carbocycles. The maximum Gasteiger partial charge on any atom is 0.410 e. The second-order valence-corrected chi connectivity index (χ2v) is 11.2. The van der Waals surface area contributed by atoms with E-state index in [1.54, 1.807) is 0 Å². The lowest BCUT2D eigenvalue weighted by Gasteiger charge is -2.22. The number of benzene rings is 2. The Morgan fingerprint density at radius 1 is 1.03 bits per heavy atom. The molecule has 1 unspecified atom stereocenters. The zero-order valence-corrected chi connectivity index (χ0v) is 21.6. The van der Waals surface area contributed by atoms with Gasteiger partial charge in [0, 0.05) is 29.2 Å². The van der Waals surface area contributed by atoms with Crippen molar-refractivity contribution in [1.29, 1.82) is 0 Å². The van der Waals surface area contributed by atoms with E-state index in [1.807, 2.05) is 35.7 Å². The van der Waals surface area contributed by atoms with Gasteiger partial charge in [0.15, 0.2) is 5.13 Å². The molecule has 3 aliphatic rings. The predicted molar refractivity (Wildman–Crippen MR) is 145 cm³/mol. The van der Waals surface area contributed by atoms with Gasteiger partial charge in [0.25, 0.3) is 0 Å². The summed E-state index contributed by atoms with van der Waals surface area (Å²) in [6.07, 6.45) is 6.28. The zero-order valence-electron chi connectivity index (χ0n) is 20.8. The number of thiazole rings is 1. The molecule has 3 fully saturated rings. The van der Waals surface area contributed by atoms with Crippen LogP contribution in [0.3, 0.4) is 0 Å². The van der Waals surface area contributed by atoms with Crippen molar-refractivity contribution in [3.8, 4) is 11.3 Å². The highest BCUT2D eigenvalue weighted by atomic mass is 32.1. The monoisotopic (exact) mass is 516 g/mol. The molecule has 192 valence electrons. The van der Waals surface area contributed by atoms with Crippen molar-refractivity contribution >= 4 is 34.2 Å². The molecule has 7 nitrogen and oxygen atoms in total. The molecule has 8 heteroatoms. The maximum absolute atomic E-state index is 13.1. The van der Waals surface area contributed by atoms with Crippen molar-refractivity contribution in [2.75, 3.05) is 17.2 Å². The number of ether oxygens (including phenoxy) is 1. The number of nitrogens with one attached hydrogen (secondary N) is 2. The van der Waals surface area contributed by atoms with Gasteiger partial charge in [-0.2, -0.15) is 0 Å². The second kappa shape index (κ2) is 10.5. The lowest BCUT2D eigenvalue weighted by molar-refractivity contribution is -0.120. The van der Waals surface area contributed by atoms with Gasteiger partial charge in [-0.25, -0.2) is 9.78 Å². The van der Waals surface area contributed by atoms with Crippen LogP contribution in [0.2, 0.25) is 0 Å². The predicted octanol–water partition coefficient (Wildman–Crippen LogP) is 6.15. The summed E-state index contributed by atoms with van der Waals surface area (Å²) in [6.45, 7) is 0.702. The van der Waals surface area contributed by atoms with Crippen molar-refractivity contribution in [3.63, 3.8) is 0 Å². The minimum Gasteiger partial charge on any atom is -0.445 e. The van der Waals surface area contributed by atoms with Crippen LogP contribution in [0.1, 0.15) is 44.1 Å². The van der Waals surface area contributed by atoms with Gasteiger partial charge in [-0.1, -0.05) is 42.5 Å². The lowest BCUT2D eigenvalue weighted by Crippen LogP contribution is -2.43. The molecule has 0 bridgehead atoms. The molecule has 2 N–H and O–H groups in total. The SMILES string of the molecule is O=C(Nc1nc(-c2cccc(NC(C3CC3)C3CC3)c2)cs1)C1CCCN1C(=O)OCc1ccccc1. The fourth-order valence-corrected chi connectivity index (χ4v) is 5.93. The van der Waals surface area contributed by atoms with Crippen LogP contribution in [0.25, 0.3) is 11.3 Å². The zero-order chi connectivity index (χ0) is 25.2. The number of carbonyl (C=O) groups is 2. The smallest absolute Gasteiger partial charge is 0.410 e. The minimum atomic E-state index is -0.551. The van der Waals surface area contributed by atoms with E-state index in [1.165, 1.54) is 41.9 Å². The third-order valence-electron chi connectivity index (χ3n) is 7.48. The third-order valence-corrected chi connectivity index (χ3v) is 8.24. The van der Waals surface area contributed by atoms with Gasteiger partial charge >= 0.3 is 6.09 Å². The Balaban J connectivity index is 1.07. The van der Waals surface area contributed by atoms with Crippen LogP contribution in [-0.4, -0.2) is 40.5 Å². The molecule has 1 aromatic heterocycles. The summed E-state index contributed by atoms with van der Waals surface area (Å²) in [5, 5.41) is 9.22. The quantitative estimate of drug-likeness (QED) is 0.356. The molecule has 2 heterocycles. The molecule has 2 saturated carbocycles.